The maximum atomic E-state index is 6.05. The van der Waals surface area contributed by atoms with E-state index in [1.165, 1.54) is 66.8 Å². The first kappa shape index (κ1) is 34.4. The molecule has 2 aliphatic carbocycles. The van der Waals surface area contributed by atoms with E-state index in [1.54, 1.807) is 6.26 Å². The number of hydrogen-bond acceptors (Lipinski definition) is 2. The first-order chi connectivity index (χ1) is 29.8. The van der Waals surface area contributed by atoms with Crippen molar-refractivity contribution in [2.24, 2.45) is 0 Å². The second-order valence-corrected chi connectivity index (χ2v) is 16.0. The average molecular weight is 766 g/mol. The van der Waals surface area contributed by atoms with Crippen LogP contribution in [-0.2, 0) is 10.8 Å². The lowest BCUT2D eigenvalue weighted by Gasteiger charge is -2.34. The third-order valence-electron chi connectivity index (χ3n) is 13.1. The zero-order chi connectivity index (χ0) is 39.7. The number of hydrogen-bond donors (Lipinski definition) is 0. The van der Waals surface area contributed by atoms with Gasteiger partial charge < -0.3 is 9.32 Å². The molecule has 0 amide bonds. The van der Waals surface area contributed by atoms with Gasteiger partial charge >= 0.3 is 0 Å². The van der Waals surface area contributed by atoms with Crippen LogP contribution >= 0.6 is 0 Å². The van der Waals surface area contributed by atoms with Crippen LogP contribution in [0.25, 0.3) is 33.2 Å². The first-order valence-corrected chi connectivity index (χ1v) is 20.8. The van der Waals surface area contributed by atoms with Crippen molar-refractivity contribution in [2.75, 3.05) is 4.90 Å². The van der Waals surface area contributed by atoms with Gasteiger partial charge in [-0.25, -0.2) is 0 Å². The molecule has 2 aliphatic rings. The Morgan fingerprint density at radius 3 is 1.17 bits per heavy atom. The molecule has 60 heavy (non-hydrogen) atoms. The van der Waals surface area contributed by atoms with Crippen LogP contribution in [0.15, 0.2) is 241 Å². The zero-order valence-corrected chi connectivity index (χ0v) is 32.9. The Labute approximate surface area is 350 Å². The van der Waals surface area contributed by atoms with Crippen molar-refractivity contribution in [3.05, 3.63) is 281 Å². The molecule has 0 N–H and O–H groups in total. The predicted octanol–water partition coefficient (Wildman–Crippen LogP) is 14.6. The van der Waals surface area contributed by atoms with Crippen molar-refractivity contribution in [2.45, 2.75) is 10.8 Å². The summed E-state index contributed by atoms with van der Waals surface area (Å²) in [5.41, 5.74) is 18.3. The van der Waals surface area contributed by atoms with Crippen molar-refractivity contribution in [3.63, 3.8) is 0 Å². The molecule has 12 rings (SSSR count). The minimum Gasteiger partial charge on any atom is -0.464 e. The Balaban J connectivity index is 1.12. The fourth-order valence-corrected chi connectivity index (χ4v) is 10.8. The first-order valence-electron chi connectivity index (χ1n) is 20.8. The van der Waals surface area contributed by atoms with Gasteiger partial charge in [0.15, 0.2) is 0 Å². The minimum absolute atomic E-state index is 0.474. The molecule has 9 aromatic carbocycles. The van der Waals surface area contributed by atoms with Crippen LogP contribution in [0, 0.1) is 0 Å². The highest BCUT2D eigenvalue weighted by molar-refractivity contribution is 5.99. The lowest BCUT2D eigenvalue weighted by atomic mass is 9.67. The molecule has 1 heterocycles. The Hall–Kier alpha value is -7.68. The summed E-state index contributed by atoms with van der Waals surface area (Å²) in [6, 6.07) is 84.7. The Morgan fingerprint density at radius 2 is 0.717 bits per heavy atom. The van der Waals surface area contributed by atoms with Gasteiger partial charge in [-0.2, -0.15) is 0 Å². The van der Waals surface area contributed by atoms with E-state index >= 15 is 0 Å². The smallest absolute Gasteiger partial charge is 0.135 e. The molecule has 0 radical (unpaired) electrons. The van der Waals surface area contributed by atoms with E-state index in [2.05, 4.69) is 235 Å². The number of fused-ring (bicyclic) bond motifs is 7. The predicted molar refractivity (Wildman–Crippen MR) is 246 cm³/mol. The molecule has 0 fully saturated rings. The lowest BCUT2D eigenvalue weighted by molar-refractivity contribution is 0.616. The van der Waals surface area contributed by atoms with E-state index in [4.69, 9.17) is 4.42 Å². The summed E-state index contributed by atoms with van der Waals surface area (Å²) in [7, 11) is 0. The molecular weight excluding hydrogens is 727 g/mol. The van der Waals surface area contributed by atoms with Gasteiger partial charge in [0.2, 0.25) is 0 Å². The molecule has 1 aromatic heterocycles. The second kappa shape index (κ2) is 13.4. The highest BCUT2D eigenvalue weighted by atomic mass is 16.3. The minimum atomic E-state index is -0.474. The zero-order valence-electron chi connectivity index (χ0n) is 32.9. The maximum Gasteiger partial charge on any atom is 0.135 e. The number of rotatable bonds is 7. The van der Waals surface area contributed by atoms with Crippen LogP contribution in [0.5, 0.6) is 0 Å². The van der Waals surface area contributed by atoms with E-state index in [0.717, 1.165) is 28.0 Å². The summed E-state index contributed by atoms with van der Waals surface area (Å²) >= 11 is 0. The van der Waals surface area contributed by atoms with Gasteiger partial charge in [-0.15, -0.1) is 0 Å². The highest BCUT2D eigenvalue weighted by Gasteiger charge is 2.48. The standard InChI is InChI=1S/C58H39NO/c1-5-18-40(19-6-1)57(41-20-7-2-8-21-41)51-28-15-13-26-46(51)49-38-44(32-34-53(49)57)59(55-30-17-31-56-48(55)36-37-60-56)45-33-35-54-50(39-45)47-27-14-16-29-52(47)58(54,42-22-9-3-10-23-42)43-24-11-4-12-25-43/h1-39H. The molecule has 2 heteroatoms. The monoisotopic (exact) mass is 765 g/mol. The highest BCUT2D eigenvalue weighted by Crippen LogP contribution is 2.59. The summed E-state index contributed by atoms with van der Waals surface area (Å²) in [5, 5.41) is 1.06. The number of benzene rings is 9. The Kier molecular flexibility index (Phi) is 7.70. The molecule has 2 nitrogen and oxygen atoms in total. The van der Waals surface area contributed by atoms with Crippen molar-refractivity contribution in [1.82, 2.24) is 0 Å². The Bertz CT molecular complexity index is 2940. The van der Waals surface area contributed by atoms with Gasteiger partial charge in [0.25, 0.3) is 0 Å². The number of nitrogens with zero attached hydrogens (tertiary/aromatic N) is 1. The van der Waals surface area contributed by atoms with Crippen molar-refractivity contribution in [1.29, 1.82) is 0 Å². The normalized spacial score (nSPS) is 13.9. The fraction of sp³-hybridized carbons (Fsp3) is 0.0345. The molecule has 0 saturated heterocycles. The molecule has 0 saturated carbocycles. The summed E-state index contributed by atoms with van der Waals surface area (Å²) in [6.07, 6.45) is 1.80. The molecule has 0 aliphatic heterocycles. The second-order valence-electron chi connectivity index (χ2n) is 16.0. The third kappa shape index (κ3) is 4.76. The van der Waals surface area contributed by atoms with Crippen molar-refractivity contribution < 1.29 is 4.42 Å². The van der Waals surface area contributed by atoms with E-state index in [9.17, 15) is 0 Å². The van der Waals surface area contributed by atoms with Crippen LogP contribution in [0.2, 0.25) is 0 Å². The molecule has 0 unspecified atom stereocenters. The molecule has 0 spiro atoms. The molecule has 0 atom stereocenters. The van der Waals surface area contributed by atoms with E-state index < -0.39 is 10.8 Å². The van der Waals surface area contributed by atoms with Crippen LogP contribution in [0.1, 0.15) is 44.5 Å². The number of furan rings is 1. The largest absolute Gasteiger partial charge is 0.464 e. The molecule has 0 bridgehead atoms. The number of anilines is 3. The van der Waals surface area contributed by atoms with Crippen LogP contribution < -0.4 is 4.90 Å². The van der Waals surface area contributed by atoms with E-state index in [1.807, 2.05) is 0 Å². The molecular formula is C58H39NO. The Morgan fingerprint density at radius 1 is 0.317 bits per heavy atom. The topological polar surface area (TPSA) is 16.4 Å². The fourth-order valence-electron chi connectivity index (χ4n) is 10.8. The van der Waals surface area contributed by atoms with Crippen LogP contribution in [0.4, 0.5) is 17.1 Å². The molecule has 282 valence electrons. The van der Waals surface area contributed by atoms with Gasteiger partial charge in [0, 0.05) is 16.8 Å². The van der Waals surface area contributed by atoms with Gasteiger partial charge in [0.05, 0.1) is 22.8 Å². The summed E-state index contributed by atoms with van der Waals surface area (Å²) in [5.74, 6) is 0. The van der Waals surface area contributed by atoms with Gasteiger partial charge in [-0.1, -0.05) is 188 Å². The molecule has 10 aromatic rings. The summed E-state index contributed by atoms with van der Waals surface area (Å²) in [4.78, 5) is 2.43. The maximum absolute atomic E-state index is 6.05. The van der Waals surface area contributed by atoms with Gasteiger partial charge in [-0.3, -0.25) is 0 Å². The third-order valence-corrected chi connectivity index (χ3v) is 13.1. The average Bonchev–Trinajstić information content (AvgIpc) is 4.01. The summed E-state index contributed by atoms with van der Waals surface area (Å²) in [6.45, 7) is 0. The summed E-state index contributed by atoms with van der Waals surface area (Å²) < 4.78 is 6.05. The van der Waals surface area contributed by atoms with E-state index in [-0.39, 0.29) is 0 Å². The van der Waals surface area contributed by atoms with Crippen LogP contribution in [0.3, 0.4) is 0 Å². The van der Waals surface area contributed by atoms with E-state index in [0.29, 0.717) is 0 Å². The quantitative estimate of drug-likeness (QED) is 0.161. The SMILES string of the molecule is c1ccc(C2(c3ccccc3)c3ccccc3-c3cc(N(c4ccc5c(c4)-c4ccccc4C5(c4ccccc4)c4ccccc4)c4cccc5occc45)ccc32)cc1. The van der Waals surface area contributed by atoms with Crippen LogP contribution in [-0.4, -0.2) is 0 Å². The van der Waals surface area contributed by atoms with Crippen molar-refractivity contribution >= 4 is 28.0 Å². The van der Waals surface area contributed by atoms with Gasteiger partial charge in [-0.05, 0) is 109 Å². The van der Waals surface area contributed by atoms with Crippen molar-refractivity contribution in [3.8, 4) is 22.3 Å². The lowest BCUT2D eigenvalue weighted by Crippen LogP contribution is -2.28. The van der Waals surface area contributed by atoms with Gasteiger partial charge in [0.1, 0.15) is 5.58 Å².